The third-order valence-corrected chi connectivity index (χ3v) is 3.98. The largest absolute Gasteiger partial charge is 0.396 e. The van der Waals surface area contributed by atoms with Gasteiger partial charge >= 0.3 is 6.03 Å². The summed E-state index contributed by atoms with van der Waals surface area (Å²) in [6, 6.07) is 0.372. The molecule has 0 aromatic rings. The molecule has 2 amide bonds. The molecule has 0 radical (unpaired) electrons. The van der Waals surface area contributed by atoms with Gasteiger partial charge in [-0.2, -0.15) is 0 Å². The number of nitrogens with zero attached hydrogens (tertiary/aromatic N) is 1. The molecule has 20 heavy (non-hydrogen) atoms. The van der Waals surface area contributed by atoms with Gasteiger partial charge in [0.05, 0.1) is 0 Å². The van der Waals surface area contributed by atoms with E-state index >= 15 is 0 Å². The Morgan fingerprint density at radius 2 is 1.95 bits per heavy atom. The summed E-state index contributed by atoms with van der Waals surface area (Å²) in [4.78, 5) is 14.1. The number of nitrogens with one attached hydrogen (secondary N) is 2. The highest BCUT2D eigenvalue weighted by molar-refractivity contribution is 5.74. The number of aliphatic hydroxyl groups excluding tert-OH is 1. The lowest BCUT2D eigenvalue weighted by Crippen LogP contribution is -2.46. The number of hydrogen-bond acceptors (Lipinski definition) is 3. The van der Waals surface area contributed by atoms with Gasteiger partial charge in [-0.3, -0.25) is 0 Å². The topological polar surface area (TPSA) is 64.6 Å². The van der Waals surface area contributed by atoms with Gasteiger partial charge < -0.3 is 20.6 Å². The predicted octanol–water partition coefficient (Wildman–Crippen LogP) is 1.57. The van der Waals surface area contributed by atoms with Crippen LogP contribution in [0.2, 0.25) is 0 Å². The van der Waals surface area contributed by atoms with E-state index in [9.17, 15) is 4.79 Å². The Hall–Kier alpha value is -0.810. The summed E-state index contributed by atoms with van der Waals surface area (Å²) in [6.45, 7) is 3.31. The minimum atomic E-state index is -0.0634. The Labute approximate surface area is 123 Å². The Morgan fingerprint density at radius 3 is 2.50 bits per heavy atom. The van der Waals surface area contributed by atoms with Crippen LogP contribution in [0.5, 0.6) is 0 Å². The van der Waals surface area contributed by atoms with Crippen LogP contribution in [0, 0.1) is 5.92 Å². The fourth-order valence-electron chi connectivity index (χ4n) is 2.93. The van der Waals surface area contributed by atoms with Crippen LogP contribution >= 0.6 is 0 Å². The van der Waals surface area contributed by atoms with Gasteiger partial charge in [0.1, 0.15) is 0 Å². The molecule has 1 unspecified atom stereocenters. The standard InChI is InChI=1S/C15H31N3O2/c1-12(5-4-10-19)16-15(20)17-14-8-6-13(7-9-14)11-18(2)3/h12-14,19H,4-11H2,1-3H3,(H2,16,17,20). The normalized spacial score (nSPS) is 24.4. The van der Waals surface area contributed by atoms with E-state index in [-0.39, 0.29) is 18.7 Å². The van der Waals surface area contributed by atoms with Crippen LogP contribution in [-0.4, -0.2) is 55.4 Å². The SMILES string of the molecule is CC(CCCO)NC(=O)NC1CCC(CN(C)C)CC1. The van der Waals surface area contributed by atoms with E-state index < -0.39 is 0 Å². The molecular weight excluding hydrogens is 254 g/mol. The summed E-state index contributed by atoms with van der Waals surface area (Å²) in [7, 11) is 4.23. The number of amides is 2. The van der Waals surface area contributed by atoms with Gasteiger partial charge in [0.25, 0.3) is 0 Å². The Morgan fingerprint density at radius 1 is 1.30 bits per heavy atom. The van der Waals surface area contributed by atoms with Crippen molar-refractivity contribution in [1.82, 2.24) is 15.5 Å². The Bertz CT molecular complexity index is 276. The van der Waals surface area contributed by atoms with Crippen LogP contribution in [0.3, 0.4) is 0 Å². The molecule has 1 fully saturated rings. The van der Waals surface area contributed by atoms with Crippen LogP contribution in [0.25, 0.3) is 0 Å². The van der Waals surface area contributed by atoms with Crippen molar-refractivity contribution in [3.63, 3.8) is 0 Å². The molecule has 0 saturated heterocycles. The molecule has 0 spiro atoms. The number of carbonyl (C=O) groups excluding carboxylic acids is 1. The van der Waals surface area contributed by atoms with E-state index in [4.69, 9.17) is 5.11 Å². The summed E-state index contributed by atoms with van der Waals surface area (Å²) in [5.41, 5.74) is 0. The molecule has 1 aliphatic rings. The van der Waals surface area contributed by atoms with Gasteiger partial charge in [-0.25, -0.2) is 4.79 Å². The highest BCUT2D eigenvalue weighted by Crippen LogP contribution is 2.24. The van der Waals surface area contributed by atoms with Gasteiger partial charge in [-0.15, -0.1) is 0 Å². The Kier molecular flexibility index (Phi) is 7.92. The van der Waals surface area contributed by atoms with Crippen LogP contribution < -0.4 is 10.6 Å². The Balaban J connectivity index is 2.17. The average Bonchev–Trinajstić information content (AvgIpc) is 2.38. The second kappa shape index (κ2) is 9.19. The first kappa shape index (κ1) is 17.2. The molecule has 0 bridgehead atoms. The lowest BCUT2D eigenvalue weighted by molar-refractivity contribution is 0.212. The van der Waals surface area contributed by atoms with Crippen molar-refractivity contribution in [3.8, 4) is 0 Å². The number of carbonyl (C=O) groups is 1. The molecule has 1 rings (SSSR count). The van der Waals surface area contributed by atoms with Crippen LogP contribution in [0.15, 0.2) is 0 Å². The smallest absolute Gasteiger partial charge is 0.315 e. The monoisotopic (exact) mass is 285 g/mol. The summed E-state index contributed by atoms with van der Waals surface area (Å²) in [5, 5.41) is 14.8. The van der Waals surface area contributed by atoms with E-state index in [0.717, 1.165) is 38.1 Å². The van der Waals surface area contributed by atoms with Crippen LogP contribution in [0.4, 0.5) is 4.79 Å². The maximum atomic E-state index is 11.9. The summed E-state index contributed by atoms with van der Waals surface area (Å²) >= 11 is 0. The number of aliphatic hydroxyl groups is 1. The van der Waals surface area contributed by atoms with Crippen molar-refractivity contribution >= 4 is 6.03 Å². The van der Waals surface area contributed by atoms with Crippen LogP contribution in [-0.2, 0) is 0 Å². The second-order valence-corrected chi connectivity index (χ2v) is 6.36. The molecule has 0 aromatic carbocycles. The van der Waals surface area contributed by atoms with E-state index in [1.54, 1.807) is 0 Å². The van der Waals surface area contributed by atoms with E-state index in [1.165, 1.54) is 12.8 Å². The summed E-state index contributed by atoms with van der Waals surface area (Å²) in [6.07, 6.45) is 6.11. The van der Waals surface area contributed by atoms with Gasteiger partial charge in [0, 0.05) is 25.2 Å². The van der Waals surface area contributed by atoms with Crippen LogP contribution in [0.1, 0.15) is 45.4 Å². The van der Waals surface area contributed by atoms with Crippen molar-refractivity contribution in [3.05, 3.63) is 0 Å². The minimum Gasteiger partial charge on any atom is -0.396 e. The quantitative estimate of drug-likeness (QED) is 0.665. The van der Waals surface area contributed by atoms with Gasteiger partial charge in [0.2, 0.25) is 0 Å². The first-order valence-corrected chi connectivity index (χ1v) is 7.84. The average molecular weight is 285 g/mol. The molecule has 0 aliphatic heterocycles. The van der Waals surface area contributed by atoms with Crippen molar-refractivity contribution < 1.29 is 9.90 Å². The highest BCUT2D eigenvalue weighted by Gasteiger charge is 2.22. The molecule has 5 nitrogen and oxygen atoms in total. The molecule has 3 N–H and O–H groups in total. The first-order valence-electron chi connectivity index (χ1n) is 7.84. The fraction of sp³-hybridized carbons (Fsp3) is 0.933. The van der Waals surface area contributed by atoms with E-state index in [1.807, 2.05) is 6.92 Å². The molecule has 118 valence electrons. The fourth-order valence-corrected chi connectivity index (χ4v) is 2.93. The zero-order valence-corrected chi connectivity index (χ0v) is 13.2. The maximum Gasteiger partial charge on any atom is 0.315 e. The zero-order valence-electron chi connectivity index (χ0n) is 13.2. The third kappa shape index (κ3) is 7.10. The summed E-state index contributed by atoms with van der Waals surface area (Å²) < 4.78 is 0. The molecule has 1 saturated carbocycles. The predicted molar refractivity (Wildman–Crippen MR) is 81.7 cm³/mol. The van der Waals surface area contributed by atoms with Crippen molar-refractivity contribution in [1.29, 1.82) is 0 Å². The summed E-state index contributed by atoms with van der Waals surface area (Å²) in [5.74, 6) is 0.773. The minimum absolute atomic E-state index is 0.0634. The van der Waals surface area contributed by atoms with Crippen molar-refractivity contribution in [2.75, 3.05) is 27.2 Å². The molecule has 5 heteroatoms. The van der Waals surface area contributed by atoms with Crippen molar-refractivity contribution in [2.24, 2.45) is 5.92 Å². The molecule has 0 aromatic heterocycles. The number of rotatable bonds is 7. The third-order valence-electron chi connectivity index (χ3n) is 3.98. The number of urea groups is 1. The number of hydrogen-bond donors (Lipinski definition) is 3. The molecule has 1 atom stereocenters. The second-order valence-electron chi connectivity index (χ2n) is 6.36. The van der Waals surface area contributed by atoms with Gasteiger partial charge in [-0.1, -0.05) is 0 Å². The molecule has 0 heterocycles. The highest BCUT2D eigenvalue weighted by atomic mass is 16.3. The van der Waals surface area contributed by atoms with Gasteiger partial charge in [-0.05, 0) is 65.5 Å². The molecule has 1 aliphatic carbocycles. The maximum absolute atomic E-state index is 11.9. The lowest BCUT2D eigenvalue weighted by atomic mass is 9.86. The first-order chi connectivity index (χ1) is 9.51. The van der Waals surface area contributed by atoms with E-state index in [0.29, 0.717) is 6.04 Å². The lowest BCUT2D eigenvalue weighted by Gasteiger charge is -2.31. The molecular formula is C15H31N3O2. The van der Waals surface area contributed by atoms with Gasteiger partial charge in [0.15, 0.2) is 0 Å². The zero-order chi connectivity index (χ0) is 15.0. The van der Waals surface area contributed by atoms with E-state index in [2.05, 4.69) is 29.6 Å². The van der Waals surface area contributed by atoms with Crippen molar-refractivity contribution in [2.45, 2.75) is 57.5 Å².